The number of carbonyl (C=O) groups excluding carboxylic acids is 1. The van der Waals surface area contributed by atoms with Crippen LogP contribution in [0.3, 0.4) is 0 Å². The molecule has 12 heavy (non-hydrogen) atoms. The zero-order valence-electron chi connectivity index (χ0n) is 7.55. The van der Waals surface area contributed by atoms with E-state index in [0.717, 1.165) is 26.2 Å². The van der Waals surface area contributed by atoms with Gasteiger partial charge in [0.1, 0.15) is 0 Å². The van der Waals surface area contributed by atoms with Crippen LogP contribution < -0.4 is 124 Å². The molecule has 0 saturated carbocycles. The Morgan fingerprint density at radius 1 is 0.917 bits per heavy atom. The van der Waals surface area contributed by atoms with Gasteiger partial charge in [-0.2, -0.15) is 0 Å². The van der Waals surface area contributed by atoms with Crippen LogP contribution in [0.25, 0.3) is 0 Å². The van der Waals surface area contributed by atoms with Crippen molar-refractivity contribution < 1.29 is 118 Å². The van der Waals surface area contributed by atoms with Crippen molar-refractivity contribution in [3.05, 3.63) is 0 Å². The molecule has 5 nitrogen and oxygen atoms in total. The Hall–Kier alpha value is 2.46. The van der Waals surface area contributed by atoms with E-state index in [0.29, 0.717) is 0 Å². The summed E-state index contributed by atoms with van der Waals surface area (Å²) >= 11 is 0. The van der Waals surface area contributed by atoms with E-state index in [1.807, 2.05) is 0 Å². The van der Waals surface area contributed by atoms with E-state index in [4.69, 9.17) is 15.0 Å². The van der Waals surface area contributed by atoms with Crippen LogP contribution >= 0.6 is 0 Å². The summed E-state index contributed by atoms with van der Waals surface area (Å²) in [6, 6.07) is 0. The van der Waals surface area contributed by atoms with Crippen molar-refractivity contribution in [3.63, 3.8) is 0 Å². The quantitative estimate of drug-likeness (QED) is 0.399. The van der Waals surface area contributed by atoms with Gasteiger partial charge in [0.15, 0.2) is 0 Å². The fraction of sp³-hybridized carbons (Fsp3) is 0.800. The molecule has 7 heteroatoms. The molecule has 0 amide bonds. The maximum Gasteiger partial charge on any atom is 1.00 e. The van der Waals surface area contributed by atoms with Gasteiger partial charge in [-0.15, -0.1) is 0 Å². The minimum atomic E-state index is -2.33. The molecule has 1 rings (SSSR count). The maximum atomic E-state index is 8.33. The molecule has 1 aliphatic rings. The summed E-state index contributed by atoms with van der Waals surface area (Å²) in [5.41, 5.74) is 0. The van der Waals surface area contributed by atoms with E-state index in [1.165, 1.54) is 0 Å². The predicted octanol–water partition coefficient (Wildman–Crippen LogP) is -9.26. The van der Waals surface area contributed by atoms with Gasteiger partial charge in [0.05, 0.1) is 0 Å². The predicted molar refractivity (Wildman–Crippen MR) is 31.1 cm³/mol. The Labute approximate surface area is 157 Å². The van der Waals surface area contributed by atoms with Gasteiger partial charge in [0, 0.05) is 26.2 Å². The first-order valence-corrected chi connectivity index (χ1v) is 3.03. The standard InChI is InChI=1S/C4H10N2.CH2O3.2K/c1-2-6-4-3-5-1;2-1(3)4;;/h5-6H,1-4H2;(H2,2,3,4);;/q;;2*+1/p-2. The Bertz CT molecular complexity index is 85.2. The zero-order valence-corrected chi connectivity index (χ0v) is 13.8. The van der Waals surface area contributed by atoms with Gasteiger partial charge < -0.3 is 25.6 Å². The van der Waals surface area contributed by atoms with E-state index in [-0.39, 0.29) is 103 Å². The van der Waals surface area contributed by atoms with Gasteiger partial charge >= 0.3 is 103 Å². The molecule has 60 valence electrons. The van der Waals surface area contributed by atoms with Crippen molar-refractivity contribution in [1.82, 2.24) is 10.6 Å². The number of hydrogen-bond donors (Lipinski definition) is 2. The van der Waals surface area contributed by atoms with Crippen LogP contribution in [0.5, 0.6) is 0 Å². The first-order valence-electron chi connectivity index (χ1n) is 3.03. The number of carbonyl (C=O) groups is 1. The molecule has 1 heterocycles. The average molecular weight is 224 g/mol. The molecule has 0 aromatic heterocycles. The minimum Gasteiger partial charge on any atom is -0.652 e. The number of carboxylic acid groups (broad SMARTS) is 2. The number of hydrogen-bond acceptors (Lipinski definition) is 5. The Morgan fingerprint density at radius 3 is 1.17 bits per heavy atom. The Morgan fingerprint density at radius 2 is 1.08 bits per heavy atom. The second kappa shape index (κ2) is 15.9. The summed E-state index contributed by atoms with van der Waals surface area (Å²) in [6.45, 7) is 4.56. The van der Waals surface area contributed by atoms with Crippen LogP contribution in [0.1, 0.15) is 0 Å². The number of rotatable bonds is 0. The third-order valence-electron chi connectivity index (χ3n) is 0.957. The summed E-state index contributed by atoms with van der Waals surface area (Å²) < 4.78 is 0. The van der Waals surface area contributed by atoms with Crippen molar-refractivity contribution >= 4 is 6.16 Å². The molecule has 1 saturated heterocycles. The van der Waals surface area contributed by atoms with E-state index in [1.54, 1.807) is 0 Å². The van der Waals surface area contributed by atoms with Crippen molar-refractivity contribution in [3.8, 4) is 0 Å². The first-order chi connectivity index (χ1) is 4.73. The number of nitrogens with one attached hydrogen (secondary N) is 2. The van der Waals surface area contributed by atoms with Crippen LogP contribution in [-0.2, 0) is 0 Å². The molecule has 1 aliphatic heterocycles. The van der Waals surface area contributed by atoms with E-state index >= 15 is 0 Å². The monoisotopic (exact) mass is 224 g/mol. The molecule has 2 N–H and O–H groups in total. The molecule has 1 fully saturated rings. The molecule has 0 atom stereocenters. The zero-order chi connectivity index (χ0) is 7.82. The van der Waals surface area contributed by atoms with Crippen LogP contribution in [0.4, 0.5) is 4.79 Å². The van der Waals surface area contributed by atoms with Gasteiger partial charge in [-0.3, -0.25) is 0 Å². The van der Waals surface area contributed by atoms with Crippen LogP contribution in [0.2, 0.25) is 0 Å². The average Bonchev–Trinajstić information content (AvgIpc) is 1.90. The minimum absolute atomic E-state index is 0. The normalized spacial score (nSPS) is 14.0. The number of piperazine rings is 1. The SMILES string of the molecule is C1CNCCN1.O=C([O-])[O-].[K+].[K+]. The maximum absolute atomic E-state index is 8.33. The van der Waals surface area contributed by atoms with E-state index in [2.05, 4.69) is 10.6 Å². The second-order valence-electron chi connectivity index (χ2n) is 1.75. The molecule has 0 radical (unpaired) electrons. The van der Waals surface area contributed by atoms with Gasteiger partial charge in [0.2, 0.25) is 0 Å². The Kier molecular flexibility index (Phi) is 26.5. The molecular formula is C5H10K2N2O3. The topological polar surface area (TPSA) is 87.2 Å². The van der Waals surface area contributed by atoms with Gasteiger partial charge in [-0.25, -0.2) is 0 Å². The molecular weight excluding hydrogens is 214 g/mol. The van der Waals surface area contributed by atoms with Crippen molar-refractivity contribution in [2.24, 2.45) is 0 Å². The fourth-order valence-corrected chi connectivity index (χ4v) is 0.604. The van der Waals surface area contributed by atoms with Crippen molar-refractivity contribution in [2.45, 2.75) is 0 Å². The molecule has 0 unspecified atom stereocenters. The van der Waals surface area contributed by atoms with Crippen LogP contribution in [-0.4, -0.2) is 32.3 Å². The van der Waals surface area contributed by atoms with Crippen molar-refractivity contribution in [2.75, 3.05) is 26.2 Å². The second-order valence-corrected chi connectivity index (χ2v) is 1.75. The molecule has 0 aliphatic carbocycles. The van der Waals surface area contributed by atoms with E-state index in [9.17, 15) is 0 Å². The van der Waals surface area contributed by atoms with Gasteiger partial charge in [0.25, 0.3) is 0 Å². The summed E-state index contributed by atoms with van der Waals surface area (Å²) in [6.07, 6.45) is -2.33. The Balaban J connectivity index is -0.000000124. The summed E-state index contributed by atoms with van der Waals surface area (Å²) in [5.74, 6) is 0. The molecule has 0 bridgehead atoms. The fourth-order valence-electron chi connectivity index (χ4n) is 0.604. The van der Waals surface area contributed by atoms with E-state index < -0.39 is 6.16 Å². The third-order valence-corrected chi connectivity index (χ3v) is 0.957. The van der Waals surface area contributed by atoms with Gasteiger partial charge in [-0.1, -0.05) is 0 Å². The third kappa shape index (κ3) is 22.9. The van der Waals surface area contributed by atoms with Crippen LogP contribution in [0.15, 0.2) is 0 Å². The smallest absolute Gasteiger partial charge is 0.652 e. The molecule has 0 aromatic rings. The largest absolute Gasteiger partial charge is 1.00 e. The first kappa shape index (κ1) is 19.9. The van der Waals surface area contributed by atoms with Crippen LogP contribution in [0, 0.1) is 0 Å². The summed E-state index contributed by atoms with van der Waals surface area (Å²) in [5, 5.41) is 23.1. The summed E-state index contributed by atoms with van der Waals surface area (Å²) in [7, 11) is 0. The molecule has 0 spiro atoms. The summed E-state index contributed by atoms with van der Waals surface area (Å²) in [4.78, 5) is 8.33. The van der Waals surface area contributed by atoms with Gasteiger partial charge in [-0.05, 0) is 6.16 Å². The van der Waals surface area contributed by atoms with Crippen molar-refractivity contribution in [1.29, 1.82) is 0 Å². The molecule has 0 aromatic carbocycles.